The van der Waals surface area contributed by atoms with Gasteiger partial charge >= 0.3 is 0 Å². The largest absolute Gasteiger partial charge is 0.355 e. The standard InChI is InChI=1S/C23H29N3O4S2/c1-15-6-11-18-19(14-15)31-23(20(18)22(28)24-2)25-21(27)16-7-9-17(10-8-16)32(29,30)26-12-4-3-5-13-26/h7-10,15H,3-6,11-14H2,1-2H3,(H,24,28)(H,25,27)/t15-/m1/s1. The first-order chi connectivity index (χ1) is 15.3. The minimum absolute atomic E-state index is 0.197. The van der Waals surface area contributed by atoms with Crippen molar-refractivity contribution in [2.75, 3.05) is 25.5 Å². The maximum absolute atomic E-state index is 12.9. The van der Waals surface area contributed by atoms with E-state index in [0.717, 1.165) is 49.0 Å². The molecule has 1 aliphatic carbocycles. The SMILES string of the molecule is CNC(=O)c1c(NC(=O)c2ccc(S(=O)(=O)N3CCCCC3)cc2)sc2c1CC[C@@H](C)C2. The average molecular weight is 476 g/mol. The topological polar surface area (TPSA) is 95.6 Å². The third kappa shape index (κ3) is 4.46. The van der Waals surface area contributed by atoms with Crippen LogP contribution in [0.5, 0.6) is 0 Å². The maximum Gasteiger partial charge on any atom is 0.256 e. The molecule has 0 unspecified atom stereocenters. The second-order valence-electron chi connectivity index (χ2n) is 8.58. The van der Waals surface area contributed by atoms with E-state index in [1.165, 1.54) is 39.9 Å². The van der Waals surface area contributed by atoms with Crippen molar-refractivity contribution in [3.05, 3.63) is 45.8 Å². The van der Waals surface area contributed by atoms with Gasteiger partial charge in [-0.25, -0.2) is 8.42 Å². The molecule has 4 rings (SSSR count). The number of benzene rings is 1. The molecule has 1 aromatic carbocycles. The Morgan fingerprint density at radius 3 is 2.41 bits per heavy atom. The Balaban J connectivity index is 1.55. The molecule has 1 atom stereocenters. The summed E-state index contributed by atoms with van der Waals surface area (Å²) in [6.07, 6.45) is 5.55. The highest BCUT2D eigenvalue weighted by molar-refractivity contribution is 7.89. The summed E-state index contributed by atoms with van der Waals surface area (Å²) in [7, 11) is -1.95. The van der Waals surface area contributed by atoms with Crippen LogP contribution in [-0.4, -0.2) is 44.7 Å². The van der Waals surface area contributed by atoms with Crippen molar-refractivity contribution in [1.29, 1.82) is 0 Å². The van der Waals surface area contributed by atoms with Gasteiger partial charge in [-0.3, -0.25) is 9.59 Å². The van der Waals surface area contributed by atoms with Gasteiger partial charge in [0, 0.05) is 30.6 Å². The molecular formula is C23H29N3O4S2. The number of nitrogens with zero attached hydrogens (tertiary/aromatic N) is 1. The Labute approximate surface area is 193 Å². The van der Waals surface area contributed by atoms with Gasteiger partial charge in [0.25, 0.3) is 11.8 Å². The van der Waals surface area contributed by atoms with E-state index in [1.807, 2.05) is 0 Å². The zero-order valence-corrected chi connectivity index (χ0v) is 20.1. The molecule has 2 aliphatic rings. The summed E-state index contributed by atoms with van der Waals surface area (Å²) in [6.45, 7) is 3.27. The van der Waals surface area contributed by atoms with Gasteiger partial charge in [0.1, 0.15) is 5.00 Å². The molecule has 2 heterocycles. The van der Waals surface area contributed by atoms with Crippen LogP contribution < -0.4 is 10.6 Å². The summed E-state index contributed by atoms with van der Waals surface area (Å²) < 4.78 is 27.2. The van der Waals surface area contributed by atoms with Gasteiger partial charge in [-0.1, -0.05) is 13.3 Å². The molecular weight excluding hydrogens is 446 g/mol. The molecule has 0 radical (unpaired) electrons. The van der Waals surface area contributed by atoms with Crippen molar-refractivity contribution in [3.63, 3.8) is 0 Å². The van der Waals surface area contributed by atoms with Crippen molar-refractivity contribution in [2.24, 2.45) is 5.92 Å². The van der Waals surface area contributed by atoms with E-state index in [-0.39, 0.29) is 16.7 Å². The number of nitrogens with one attached hydrogen (secondary N) is 2. The molecule has 32 heavy (non-hydrogen) atoms. The lowest BCUT2D eigenvalue weighted by Crippen LogP contribution is -2.35. The third-order valence-electron chi connectivity index (χ3n) is 6.26. The van der Waals surface area contributed by atoms with E-state index in [1.54, 1.807) is 7.05 Å². The number of hydrogen-bond acceptors (Lipinski definition) is 5. The molecule has 2 N–H and O–H groups in total. The average Bonchev–Trinajstić information content (AvgIpc) is 3.15. The molecule has 2 amide bonds. The second kappa shape index (κ2) is 9.33. The van der Waals surface area contributed by atoms with Crippen molar-refractivity contribution in [2.45, 2.75) is 50.3 Å². The highest BCUT2D eigenvalue weighted by Gasteiger charge is 2.29. The zero-order valence-electron chi connectivity index (χ0n) is 18.4. The number of carbonyl (C=O) groups excluding carboxylic acids is 2. The summed E-state index contributed by atoms with van der Waals surface area (Å²) >= 11 is 1.46. The van der Waals surface area contributed by atoms with Crippen LogP contribution in [0.3, 0.4) is 0 Å². The van der Waals surface area contributed by atoms with Gasteiger partial charge in [0.05, 0.1) is 10.5 Å². The Bertz CT molecular complexity index is 1120. The van der Waals surface area contributed by atoms with Crippen LogP contribution in [0.1, 0.15) is 63.8 Å². The monoisotopic (exact) mass is 475 g/mol. The molecule has 0 spiro atoms. The third-order valence-corrected chi connectivity index (χ3v) is 9.34. The van der Waals surface area contributed by atoms with Crippen molar-refractivity contribution < 1.29 is 18.0 Å². The van der Waals surface area contributed by atoms with Gasteiger partial charge in [0.2, 0.25) is 10.0 Å². The molecule has 172 valence electrons. The van der Waals surface area contributed by atoms with E-state index < -0.39 is 10.0 Å². The first-order valence-electron chi connectivity index (χ1n) is 11.1. The highest BCUT2D eigenvalue weighted by atomic mass is 32.2. The highest BCUT2D eigenvalue weighted by Crippen LogP contribution is 2.39. The first-order valence-corrected chi connectivity index (χ1v) is 13.3. The fourth-order valence-corrected chi connectivity index (χ4v) is 7.33. The summed E-state index contributed by atoms with van der Waals surface area (Å²) in [6, 6.07) is 6.03. The predicted octanol–water partition coefficient (Wildman–Crippen LogP) is 3.66. The minimum atomic E-state index is -3.54. The van der Waals surface area contributed by atoms with Crippen LogP contribution >= 0.6 is 11.3 Å². The summed E-state index contributed by atoms with van der Waals surface area (Å²) in [4.78, 5) is 26.8. The number of piperidine rings is 1. The fraction of sp³-hybridized carbons (Fsp3) is 0.478. The number of amides is 2. The number of hydrogen-bond donors (Lipinski definition) is 2. The van der Waals surface area contributed by atoms with Crippen molar-refractivity contribution in [3.8, 4) is 0 Å². The van der Waals surface area contributed by atoms with E-state index in [2.05, 4.69) is 17.6 Å². The Kier molecular flexibility index (Phi) is 6.69. The van der Waals surface area contributed by atoms with Gasteiger partial charge in [0.15, 0.2) is 0 Å². The van der Waals surface area contributed by atoms with Crippen LogP contribution in [0.2, 0.25) is 0 Å². The lowest BCUT2D eigenvalue weighted by Gasteiger charge is -2.25. The Morgan fingerprint density at radius 2 is 1.75 bits per heavy atom. The number of thiophene rings is 1. The smallest absolute Gasteiger partial charge is 0.256 e. The van der Waals surface area contributed by atoms with Gasteiger partial charge in [-0.2, -0.15) is 4.31 Å². The molecule has 7 nitrogen and oxygen atoms in total. The number of anilines is 1. The van der Waals surface area contributed by atoms with E-state index >= 15 is 0 Å². The van der Waals surface area contributed by atoms with Crippen LogP contribution in [0, 0.1) is 5.92 Å². The van der Waals surface area contributed by atoms with Crippen molar-refractivity contribution in [1.82, 2.24) is 9.62 Å². The summed E-state index contributed by atoms with van der Waals surface area (Å²) in [5, 5.41) is 6.13. The molecule has 1 saturated heterocycles. The van der Waals surface area contributed by atoms with E-state index in [4.69, 9.17) is 0 Å². The molecule has 0 saturated carbocycles. The normalized spacial score (nSPS) is 19.2. The van der Waals surface area contributed by atoms with Gasteiger partial charge < -0.3 is 10.6 Å². The lowest BCUT2D eigenvalue weighted by atomic mass is 9.88. The fourth-order valence-electron chi connectivity index (χ4n) is 4.41. The zero-order chi connectivity index (χ0) is 22.9. The van der Waals surface area contributed by atoms with E-state index in [9.17, 15) is 18.0 Å². The Morgan fingerprint density at radius 1 is 1.06 bits per heavy atom. The van der Waals surface area contributed by atoms with Crippen LogP contribution in [0.4, 0.5) is 5.00 Å². The second-order valence-corrected chi connectivity index (χ2v) is 11.6. The minimum Gasteiger partial charge on any atom is -0.355 e. The van der Waals surface area contributed by atoms with Crippen LogP contribution in [-0.2, 0) is 22.9 Å². The first kappa shape index (κ1) is 22.9. The van der Waals surface area contributed by atoms with Crippen molar-refractivity contribution >= 4 is 38.2 Å². The summed E-state index contributed by atoms with van der Waals surface area (Å²) in [5.74, 6) is -0.00400. The lowest BCUT2D eigenvalue weighted by molar-refractivity contribution is 0.0963. The predicted molar refractivity (Wildman–Crippen MR) is 126 cm³/mol. The number of carbonyl (C=O) groups is 2. The molecule has 9 heteroatoms. The quantitative estimate of drug-likeness (QED) is 0.690. The maximum atomic E-state index is 12.9. The number of rotatable bonds is 5. The van der Waals surface area contributed by atoms with Gasteiger partial charge in [-0.15, -0.1) is 11.3 Å². The molecule has 1 aliphatic heterocycles. The number of fused-ring (bicyclic) bond motifs is 1. The van der Waals surface area contributed by atoms with Crippen LogP contribution in [0.25, 0.3) is 0 Å². The van der Waals surface area contributed by atoms with Crippen LogP contribution in [0.15, 0.2) is 29.2 Å². The van der Waals surface area contributed by atoms with Gasteiger partial charge in [-0.05, 0) is 67.9 Å². The molecule has 1 fully saturated rings. The molecule has 2 aromatic rings. The van der Waals surface area contributed by atoms with E-state index in [0.29, 0.717) is 35.1 Å². The number of sulfonamides is 1. The molecule has 0 bridgehead atoms. The summed E-state index contributed by atoms with van der Waals surface area (Å²) in [5.41, 5.74) is 1.94. The Hall–Kier alpha value is -2.23. The molecule has 1 aromatic heterocycles.